The lowest BCUT2D eigenvalue weighted by Crippen LogP contribution is -2.39. The predicted molar refractivity (Wildman–Crippen MR) is 130 cm³/mol. The van der Waals surface area contributed by atoms with Gasteiger partial charge in [0.2, 0.25) is 0 Å². The summed E-state index contributed by atoms with van der Waals surface area (Å²) in [5.74, 6) is -0.287. The number of benzene rings is 1. The van der Waals surface area contributed by atoms with Gasteiger partial charge in [0, 0.05) is 36.1 Å². The van der Waals surface area contributed by atoms with Gasteiger partial charge in [-0.3, -0.25) is 4.98 Å². The van der Waals surface area contributed by atoms with E-state index in [9.17, 15) is 4.39 Å². The molecule has 0 bridgehead atoms. The molecule has 30 heavy (non-hydrogen) atoms. The third-order valence-corrected chi connectivity index (χ3v) is 5.39. The minimum absolute atomic E-state index is 0. The van der Waals surface area contributed by atoms with Crippen molar-refractivity contribution in [1.29, 1.82) is 0 Å². The zero-order chi connectivity index (χ0) is 21.0. The number of aryl methyl sites for hydroxylation is 1. The molecular formula is C23H26ClFN4S. The average Bonchev–Trinajstić information content (AvgIpc) is 2.97. The van der Waals surface area contributed by atoms with Crippen LogP contribution in [0.3, 0.4) is 0 Å². The van der Waals surface area contributed by atoms with Gasteiger partial charge in [-0.1, -0.05) is 12.2 Å². The van der Waals surface area contributed by atoms with Crippen molar-refractivity contribution >= 4 is 46.3 Å². The van der Waals surface area contributed by atoms with E-state index in [1.807, 2.05) is 23.2 Å². The Morgan fingerprint density at radius 3 is 2.53 bits per heavy atom. The summed E-state index contributed by atoms with van der Waals surface area (Å²) < 4.78 is 15.7. The Morgan fingerprint density at radius 2 is 1.90 bits per heavy atom. The maximum absolute atomic E-state index is 13.5. The lowest BCUT2D eigenvalue weighted by Gasteiger charge is -2.26. The first kappa shape index (κ1) is 23.6. The Hall–Kier alpha value is -2.70. The van der Waals surface area contributed by atoms with Crippen molar-refractivity contribution in [2.45, 2.75) is 26.9 Å². The molecule has 7 heteroatoms. The molecule has 0 atom stereocenters. The van der Waals surface area contributed by atoms with Crippen LogP contribution in [-0.4, -0.2) is 21.2 Å². The smallest absolute Gasteiger partial charge is 0.174 e. The van der Waals surface area contributed by atoms with Crippen LogP contribution in [0.4, 0.5) is 10.1 Å². The van der Waals surface area contributed by atoms with E-state index >= 15 is 0 Å². The normalized spacial score (nSPS) is 10.4. The highest BCUT2D eigenvalue weighted by atomic mass is 35.5. The van der Waals surface area contributed by atoms with E-state index in [0.29, 0.717) is 24.7 Å². The number of nitrogens with zero attached hydrogens (tertiary/aromatic N) is 3. The summed E-state index contributed by atoms with van der Waals surface area (Å²) in [6.07, 6.45) is 5.46. The van der Waals surface area contributed by atoms with Gasteiger partial charge in [-0.25, -0.2) is 4.39 Å². The highest BCUT2D eigenvalue weighted by molar-refractivity contribution is 7.80. The van der Waals surface area contributed by atoms with Crippen molar-refractivity contribution in [3.05, 3.63) is 84.6 Å². The van der Waals surface area contributed by atoms with Crippen molar-refractivity contribution in [2.75, 3.05) is 11.4 Å². The highest BCUT2D eigenvalue weighted by Crippen LogP contribution is 2.29. The Morgan fingerprint density at radius 1 is 1.20 bits per heavy atom. The van der Waals surface area contributed by atoms with E-state index in [0.717, 1.165) is 16.9 Å². The predicted octanol–water partition coefficient (Wildman–Crippen LogP) is 5.47. The number of allylic oxidation sites excluding steroid dienone is 1. The number of nitrogens with one attached hydrogen (secondary N) is 1. The fraction of sp³-hybridized carbons (Fsp3) is 0.217. The maximum atomic E-state index is 13.5. The number of thiocarbonyl (C=S) groups is 1. The first-order chi connectivity index (χ1) is 14.0. The summed E-state index contributed by atoms with van der Waals surface area (Å²) in [5.41, 5.74) is 5.18. The molecule has 0 aliphatic rings. The molecule has 0 fully saturated rings. The highest BCUT2D eigenvalue weighted by Gasteiger charge is 2.19. The second kappa shape index (κ2) is 10.4. The van der Waals surface area contributed by atoms with Crippen LogP contribution >= 0.6 is 24.6 Å². The molecule has 0 aliphatic carbocycles. The molecule has 3 aromatic rings. The second-order valence-corrected chi connectivity index (χ2v) is 7.19. The number of hydrogen-bond acceptors (Lipinski definition) is 2. The number of anilines is 1. The number of pyridine rings is 1. The van der Waals surface area contributed by atoms with Gasteiger partial charge in [-0.05, 0) is 62.0 Å². The van der Waals surface area contributed by atoms with Gasteiger partial charge >= 0.3 is 0 Å². The summed E-state index contributed by atoms with van der Waals surface area (Å²) in [7, 11) is 0. The molecule has 0 amide bonds. The van der Waals surface area contributed by atoms with Crippen LogP contribution in [-0.2, 0) is 13.1 Å². The number of rotatable bonds is 7. The SMILES string of the molecule is C=CCNC(=S)N(Cc1nccc2c(C)c(C)n(CC=C)c12)c1ccc(F)cc1.Cl. The van der Waals surface area contributed by atoms with E-state index in [2.05, 4.69) is 41.9 Å². The summed E-state index contributed by atoms with van der Waals surface area (Å²) in [4.78, 5) is 6.60. The van der Waals surface area contributed by atoms with Crippen LogP contribution in [0.1, 0.15) is 17.0 Å². The second-order valence-electron chi connectivity index (χ2n) is 6.80. The molecule has 0 saturated heterocycles. The number of aromatic nitrogens is 2. The minimum Gasteiger partial charge on any atom is -0.359 e. The summed E-state index contributed by atoms with van der Waals surface area (Å²) in [6, 6.07) is 8.34. The van der Waals surface area contributed by atoms with E-state index < -0.39 is 0 Å². The van der Waals surface area contributed by atoms with Gasteiger partial charge in [0.25, 0.3) is 0 Å². The number of hydrogen-bond donors (Lipinski definition) is 1. The average molecular weight is 445 g/mol. The van der Waals surface area contributed by atoms with E-state index in [1.165, 1.54) is 28.8 Å². The van der Waals surface area contributed by atoms with Crippen molar-refractivity contribution in [3.63, 3.8) is 0 Å². The third-order valence-electron chi connectivity index (χ3n) is 5.02. The Balaban J connectivity index is 0.00000320. The van der Waals surface area contributed by atoms with E-state index in [4.69, 9.17) is 12.2 Å². The standard InChI is InChI=1S/C23H25FN4S.ClH/c1-5-12-26-23(29)28(19-9-7-18(24)8-10-19)15-21-22-20(11-13-25-21)16(3)17(4)27(22)14-6-2;/h5-11,13H,1-2,12,14-15H2,3-4H3,(H,26,29);1H. The molecule has 3 rings (SSSR count). The van der Waals surface area contributed by atoms with Crippen LogP contribution in [0.15, 0.2) is 61.8 Å². The zero-order valence-electron chi connectivity index (χ0n) is 17.2. The fourth-order valence-corrected chi connectivity index (χ4v) is 3.70. The van der Waals surface area contributed by atoms with Gasteiger partial charge in [0.05, 0.1) is 17.8 Å². The van der Waals surface area contributed by atoms with Crippen molar-refractivity contribution < 1.29 is 4.39 Å². The van der Waals surface area contributed by atoms with Crippen LogP contribution in [0, 0.1) is 19.7 Å². The molecule has 0 radical (unpaired) electrons. The molecule has 1 N–H and O–H groups in total. The van der Waals surface area contributed by atoms with Crippen LogP contribution in [0.25, 0.3) is 10.9 Å². The van der Waals surface area contributed by atoms with Gasteiger partial charge in [-0.2, -0.15) is 0 Å². The zero-order valence-corrected chi connectivity index (χ0v) is 18.8. The lowest BCUT2D eigenvalue weighted by molar-refractivity contribution is 0.627. The molecule has 1 aromatic carbocycles. The third kappa shape index (κ3) is 4.71. The quantitative estimate of drug-likeness (QED) is 0.387. The van der Waals surface area contributed by atoms with Crippen molar-refractivity contribution in [3.8, 4) is 0 Å². The summed E-state index contributed by atoms with van der Waals surface area (Å²) in [5, 5.41) is 4.86. The molecule has 4 nitrogen and oxygen atoms in total. The molecule has 0 saturated carbocycles. The van der Waals surface area contributed by atoms with Gasteiger partial charge in [0.15, 0.2) is 5.11 Å². The van der Waals surface area contributed by atoms with E-state index in [1.54, 1.807) is 18.2 Å². The maximum Gasteiger partial charge on any atom is 0.174 e. The molecule has 2 heterocycles. The van der Waals surface area contributed by atoms with Crippen molar-refractivity contribution in [2.24, 2.45) is 0 Å². The monoisotopic (exact) mass is 444 g/mol. The molecule has 0 aliphatic heterocycles. The van der Waals surface area contributed by atoms with Crippen LogP contribution in [0.2, 0.25) is 0 Å². The van der Waals surface area contributed by atoms with Gasteiger partial charge < -0.3 is 14.8 Å². The van der Waals surface area contributed by atoms with E-state index in [-0.39, 0.29) is 18.2 Å². The molecule has 158 valence electrons. The topological polar surface area (TPSA) is 33.1 Å². The molecular weight excluding hydrogens is 419 g/mol. The molecule has 0 spiro atoms. The fourth-order valence-electron chi connectivity index (χ4n) is 3.45. The largest absolute Gasteiger partial charge is 0.359 e. The van der Waals surface area contributed by atoms with Crippen molar-refractivity contribution in [1.82, 2.24) is 14.9 Å². The van der Waals surface area contributed by atoms with Gasteiger partial charge in [0.1, 0.15) is 5.82 Å². The summed E-state index contributed by atoms with van der Waals surface area (Å²) >= 11 is 5.62. The number of fused-ring (bicyclic) bond motifs is 1. The summed E-state index contributed by atoms with van der Waals surface area (Å²) in [6.45, 7) is 13.5. The van der Waals surface area contributed by atoms with Gasteiger partial charge in [-0.15, -0.1) is 25.6 Å². The lowest BCUT2D eigenvalue weighted by atomic mass is 10.1. The Labute approximate surface area is 188 Å². The first-order valence-electron chi connectivity index (χ1n) is 9.44. The Bertz CT molecular complexity index is 1060. The van der Waals surface area contributed by atoms with Crippen LogP contribution in [0.5, 0.6) is 0 Å². The van der Waals surface area contributed by atoms with Crippen LogP contribution < -0.4 is 10.2 Å². The Kier molecular flexibility index (Phi) is 8.15. The minimum atomic E-state index is -0.287. The first-order valence-corrected chi connectivity index (χ1v) is 9.84. The molecule has 2 aromatic heterocycles. The molecule has 0 unspecified atom stereocenters. The number of halogens is 2.